The van der Waals surface area contributed by atoms with Crippen LogP contribution in [0.2, 0.25) is 0 Å². The van der Waals surface area contributed by atoms with E-state index < -0.39 is 0 Å². The highest BCUT2D eigenvalue weighted by atomic mass is 16.2. The highest BCUT2D eigenvalue weighted by molar-refractivity contribution is 5.94. The van der Waals surface area contributed by atoms with E-state index in [9.17, 15) is 9.59 Å². The molecule has 2 aliphatic heterocycles. The van der Waals surface area contributed by atoms with E-state index in [1.807, 2.05) is 36.1 Å². The summed E-state index contributed by atoms with van der Waals surface area (Å²) in [5.41, 5.74) is 1.91. The molecule has 1 aromatic carbocycles. The Morgan fingerprint density at radius 3 is 2.42 bits per heavy atom. The second kappa shape index (κ2) is 6.55. The highest BCUT2D eigenvalue weighted by Gasteiger charge is 2.50. The minimum atomic E-state index is -0.0679. The molecule has 2 aliphatic rings. The number of rotatable bonds is 3. The van der Waals surface area contributed by atoms with Gasteiger partial charge in [-0.25, -0.2) is 0 Å². The number of hydrogen-bond donors (Lipinski definition) is 1. The van der Waals surface area contributed by atoms with Crippen molar-refractivity contribution < 1.29 is 9.59 Å². The van der Waals surface area contributed by atoms with Crippen molar-refractivity contribution in [2.45, 2.75) is 45.3 Å². The van der Waals surface area contributed by atoms with E-state index in [0.717, 1.165) is 24.1 Å². The Morgan fingerprint density at radius 2 is 1.83 bits per heavy atom. The van der Waals surface area contributed by atoms with Crippen LogP contribution in [-0.4, -0.2) is 59.9 Å². The predicted molar refractivity (Wildman–Crippen MR) is 93.8 cm³/mol. The van der Waals surface area contributed by atoms with E-state index in [0.29, 0.717) is 12.5 Å². The fourth-order valence-corrected chi connectivity index (χ4v) is 4.26. The van der Waals surface area contributed by atoms with Gasteiger partial charge in [0.2, 0.25) is 5.91 Å². The normalized spacial score (nSPS) is 26.7. The maximum Gasteiger partial charge on any atom is 0.253 e. The summed E-state index contributed by atoms with van der Waals surface area (Å²) in [6.45, 7) is 7.73. The molecule has 1 aromatic rings. The molecule has 1 N–H and O–H groups in total. The zero-order valence-corrected chi connectivity index (χ0v) is 15.0. The zero-order chi connectivity index (χ0) is 17.4. The number of fused-ring (bicyclic) bond motifs is 1. The number of carbonyl (C=O) groups is 2. The Hall–Kier alpha value is -1.88. The van der Waals surface area contributed by atoms with Crippen molar-refractivity contribution in [1.29, 1.82) is 0 Å². The summed E-state index contributed by atoms with van der Waals surface area (Å²) in [7, 11) is 1.70. The van der Waals surface area contributed by atoms with Gasteiger partial charge in [-0.1, -0.05) is 17.7 Å². The number of likely N-dealkylation sites (tertiary alicyclic amines) is 2. The first-order valence-electron chi connectivity index (χ1n) is 8.77. The predicted octanol–water partition coefficient (Wildman–Crippen LogP) is 1.66. The summed E-state index contributed by atoms with van der Waals surface area (Å²) in [4.78, 5) is 29.2. The number of carbonyl (C=O) groups excluding carboxylic acids is 2. The van der Waals surface area contributed by atoms with E-state index >= 15 is 0 Å². The summed E-state index contributed by atoms with van der Waals surface area (Å²) in [5.74, 6) is 0.572. The molecule has 2 saturated heterocycles. The van der Waals surface area contributed by atoms with Crippen LogP contribution in [0, 0.1) is 12.8 Å². The topological polar surface area (TPSA) is 52.7 Å². The van der Waals surface area contributed by atoms with Gasteiger partial charge in [0.25, 0.3) is 5.91 Å². The van der Waals surface area contributed by atoms with Crippen molar-refractivity contribution in [3.05, 3.63) is 35.4 Å². The van der Waals surface area contributed by atoms with E-state index in [2.05, 4.69) is 24.1 Å². The van der Waals surface area contributed by atoms with Gasteiger partial charge in [0, 0.05) is 37.8 Å². The standard InChI is InChI=1S/C19H27N3O2/c1-12(2)22-16(18(23)20-4)9-15-10-21(11-17(15)22)19(24)14-7-5-13(3)6-8-14/h5-8,12,15-17H,9-11H2,1-4H3,(H,20,23)/t15-,16-,17+/m0/s1. The largest absolute Gasteiger partial charge is 0.358 e. The van der Waals surface area contributed by atoms with Gasteiger partial charge >= 0.3 is 0 Å². The van der Waals surface area contributed by atoms with Crippen LogP contribution < -0.4 is 5.32 Å². The van der Waals surface area contributed by atoms with Crippen molar-refractivity contribution in [3.63, 3.8) is 0 Å². The molecular weight excluding hydrogens is 302 g/mol. The monoisotopic (exact) mass is 329 g/mol. The van der Waals surface area contributed by atoms with Gasteiger partial charge in [0.1, 0.15) is 0 Å². The second-order valence-electron chi connectivity index (χ2n) is 7.31. The molecule has 3 atom stereocenters. The van der Waals surface area contributed by atoms with Crippen LogP contribution in [0.1, 0.15) is 36.2 Å². The molecule has 24 heavy (non-hydrogen) atoms. The van der Waals surface area contributed by atoms with Gasteiger partial charge in [0.05, 0.1) is 6.04 Å². The van der Waals surface area contributed by atoms with E-state index in [-0.39, 0.29) is 29.9 Å². The smallest absolute Gasteiger partial charge is 0.253 e. The fraction of sp³-hybridized carbons (Fsp3) is 0.579. The number of aryl methyl sites for hydroxylation is 1. The number of likely N-dealkylation sites (N-methyl/N-ethyl adjacent to an activating group) is 1. The molecule has 5 heteroatoms. The lowest BCUT2D eigenvalue weighted by molar-refractivity contribution is -0.126. The molecule has 0 unspecified atom stereocenters. The van der Waals surface area contributed by atoms with Crippen LogP contribution in [-0.2, 0) is 4.79 Å². The second-order valence-corrected chi connectivity index (χ2v) is 7.31. The highest BCUT2D eigenvalue weighted by Crippen LogP contribution is 2.37. The molecular formula is C19H27N3O2. The Morgan fingerprint density at radius 1 is 1.17 bits per heavy atom. The molecule has 0 radical (unpaired) electrons. The molecule has 130 valence electrons. The van der Waals surface area contributed by atoms with Crippen LogP contribution in [0.4, 0.5) is 0 Å². The molecule has 2 heterocycles. The number of nitrogens with one attached hydrogen (secondary N) is 1. The number of benzene rings is 1. The summed E-state index contributed by atoms with van der Waals surface area (Å²) in [6.07, 6.45) is 0.834. The fourth-order valence-electron chi connectivity index (χ4n) is 4.26. The zero-order valence-electron chi connectivity index (χ0n) is 15.0. The lowest BCUT2D eigenvalue weighted by Gasteiger charge is -2.33. The van der Waals surface area contributed by atoms with Crippen molar-refractivity contribution >= 4 is 11.8 Å². The first-order chi connectivity index (χ1) is 11.4. The molecule has 0 spiro atoms. The first kappa shape index (κ1) is 17.0. The average molecular weight is 329 g/mol. The quantitative estimate of drug-likeness (QED) is 0.918. The number of hydrogen-bond acceptors (Lipinski definition) is 3. The Kier molecular flexibility index (Phi) is 4.63. The molecule has 5 nitrogen and oxygen atoms in total. The van der Waals surface area contributed by atoms with Crippen LogP contribution in [0.25, 0.3) is 0 Å². The molecule has 0 aromatic heterocycles. The number of amides is 2. The van der Waals surface area contributed by atoms with Crippen molar-refractivity contribution in [2.24, 2.45) is 5.92 Å². The molecule has 2 fully saturated rings. The lowest BCUT2D eigenvalue weighted by Crippen LogP contribution is -2.50. The lowest BCUT2D eigenvalue weighted by atomic mass is 10.0. The third kappa shape index (κ3) is 2.93. The van der Waals surface area contributed by atoms with Gasteiger partial charge in [0.15, 0.2) is 0 Å². The van der Waals surface area contributed by atoms with Crippen LogP contribution in [0.5, 0.6) is 0 Å². The van der Waals surface area contributed by atoms with Gasteiger partial charge in [-0.2, -0.15) is 0 Å². The third-order valence-electron chi connectivity index (χ3n) is 5.41. The van der Waals surface area contributed by atoms with Gasteiger partial charge in [-0.15, -0.1) is 0 Å². The molecule has 0 saturated carbocycles. The summed E-state index contributed by atoms with van der Waals surface area (Å²) < 4.78 is 0. The van der Waals surface area contributed by atoms with Gasteiger partial charge in [-0.3, -0.25) is 14.5 Å². The minimum absolute atomic E-state index is 0.0679. The van der Waals surface area contributed by atoms with Crippen LogP contribution in [0.3, 0.4) is 0 Å². The van der Waals surface area contributed by atoms with Gasteiger partial charge in [-0.05, 0) is 45.2 Å². The van der Waals surface area contributed by atoms with Crippen LogP contribution in [0.15, 0.2) is 24.3 Å². The van der Waals surface area contributed by atoms with Crippen LogP contribution >= 0.6 is 0 Å². The third-order valence-corrected chi connectivity index (χ3v) is 5.41. The molecule has 0 bridgehead atoms. The van der Waals surface area contributed by atoms with E-state index in [1.165, 1.54) is 0 Å². The minimum Gasteiger partial charge on any atom is -0.358 e. The summed E-state index contributed by atoms with van der Waals surface area (Å²) >= 11 is 0. The van der Waals surface area contributed by atoms with Crippen molar-refractivity contribution in [1.82, 2.24) is 15.1 Å². The Labute approximate surface area is 144 Å². The average Bonchev–Trinajstić information content (AvgIpc) is 3.11. The first-order valence-corrected chi connectivity index (χ1v) is 8.77. The van der Waals surface area contributed by atoms with Gasteiger partial charge < -0.3 is 10.2 Å². The van der Waals surface area contributed by atoms with E-state index in [4.69, 9.17) is 0 Å². The summed E-state index contributed by atoms with van der Waals surface area (Å²) in [6, 6.07) is 8.26. The number of nitrogens with zero attached hydrogens (tertiary/aromatic N) is 2. The molecule has 2 amide bonds. The van der Waals surface area contributed by atoms with E-state index in [1.54, 1.807) is 7.05 Å². The molecule has 3 rings (SSSR count). The van der Waals surface area contributed by atoms with Crippen molar-refractivity contribution in [3.8, 4) is 0 Å². The Balaban J connectivity index is 1.75. The summed E-state index contributed by atoms with van der Waals surface area (Å²) in [5, 5.41) is 2.79. The molecule has 0 aliphatic carbocycles. The SMILES string of the molecule is CNC(=O)[C@@H]1C[C@H]2CN(C(=O)c3ccc(C)cc3)C[C@H]2N1C(C)C. The maximum atomic E-state index is 12.8. The van der Waals surface area contributed by atoms with Crippen molar-refractivity contribution in [2.75, 3.05) is 20.1 Å². The maximum absolute atomic E-state index is 12.8. The Bertz CT molecular complexity index is 626.